The van der Waals surface area contributed by atoms with Gasteiger partial charge in [-0.25, -0.2) is 19.9 Å². The van der Waals surface area contributed by atoms with Crippen LogP contribution in [0.25, 0.3) is 78.0 Å². The normalized spacial score (nSPS) is 11.8. The van der Waals surface area contributed by atoms with E-state index in [0.29, 0.717) is 11.5 Å². The first-order chi connectivity index (χ1) is 22.4. The van der Waals surface area contributed by atoms with Crippen LogP contribution in [0.15, 0.2) is 128 Å². The Morgan fingerprint density at radius 3 is 1.89 bits per heavy atom. The topological polar surface area (TPSA) is 77.3 Å². The van der Waals surface area contributed by atoms with E-state index in [-0.39, 0.29) is 5.41 Å². The van der Waals surface area contributed by atoms with E-state index in [1.807, 2.05) is 36.4 Å². The molecule has 0 unspecified atom stereocenters. The number of pyridine rings is 4. The van der Waals surface area contributed by atoms with Crippen LogP contribution in [-0.2, 0) is 5.41 Å². The van der Waals surface area contributed by atoms with Gasteiger partial charge in [0, 0.05) is 50.8 Å². The molecule has 0 N–H and O–H groups in total. The van der Waals surface area contributed by atoms with E-state index in [9.17, 15) is 0 Å². The van der Waals surface area contributed by atoms with E-state index in [0.717, 1.165) is 72.2 Å². The predicted molar refractivity (Wildman–Crippen MR) is 186 cm³/mol. The summed E-state index contributed by atoms with van der Waals surface area (Å²) in [5.41, 5.74) is 9.88. The Morgan fingerprint density at radius 2 is 1.15 bits per heavy atom. The zero-order chi connectivity index (χ0) is 31.3. The summed E-state index contributed by atoms with van der Waals surface area (Å²) in [6.07, 6.45) is 3.55. The minimum absolute atomic E-state index is 0.0583. The van der Waals surface area contributed by atoms with Crippen molar-refractivity contribution in [2.24, 2.45) is 0 Å². The monoisotopic (exact) mass is 594 g/mol. The highest BCUT2D eigenvalue weighted by Crippen LogP contribution is 2.36. The van der Waals surface area contributed by atoms with E-state index in [1.165, 1.54) is 0 Å². The Morgan fingerprint density at radius 1 is 0.478 bits per heavy atom. The molecule has 0 atom stereocenters. The first-order valence-corrected chi connectivity index (χ1v) is 15.4. The van der Waals surface area contributed by atoms with E-state index in [4.69, 9.17) is 19.9 Å². The molecule has 0 amide bonds. The summed E-state index contributed by atoms with van der Waals surface area (Å²) in [7, 11) is 0. The number of hydrogen-bond acceptors (Lipinski definition) is 6. The molecule has 0 bridgehead atoms. The molecule has 6 nitrogen and oxygen atoms in total. The molecule has 5 aromatic heterocycles. The molecule has 8 aromatic rings. The van der Waals surface area contributed by atoms with Crippen molar-refractivity contribution in [3.8, 4) is 45.3 Å². The van der Waals surface area contributed by atoms with Crippen molar-refractivity contribution in [1.82, 2.24) is 29.9 Å². The summed E-state index contributed by atoms with van der Waals surface area (Å²) in [6, 6.07) is 39.1. The van der Waals surface area contributed by atoms with Crippen LogP contribution in [-0.4, -0.2) is 29.9 Å². The number of benzene rings is 3. The highest BCUT2D eigenvalue weighted by atomic mass is 14.9. The lowest BCUT2D eigenvalue weighted by Crippen LogP contribution is -2.13. The lowest BCUT2D eigenvalue weighted by molar-refractivity contribution is 0.571. The maximum Gasteiger partial charge on any atom is 0.179 e. The van der Waals surface area contributed by atoms with Crippen molar-refractivity contribution < 1.29 is 0 Å². The van der Waals surface area contributed by atoms with Gasteiger partial charge < -0.3 is 0 Å². The molecular weight excluding hydrogens is 564 g/mol. The highest BCUT2D eigenvalue weighted by Gasteiger charge is 2.18. The van der Waals surface area contributed by atoms with E-state index < -0.39 is 0 Å². The molecule has 0 saturated carbocycles. The van der Waals surface area contributed by atoms with E-state index in [2.05, 4.69) is 110 Å². The van der Waals surface area contributed by atoms with Gasteiger partial charge in [0.05, 0.1) is 27.9 Å². The third-order valence-electron chi connectivity index (χ3n) is 8.29. The van der Waals surface area contributed by atoms with Crippen LogP contribution < -0.4 is 0 Å². The number of nitrogens with zero attached hydrogens (tertiary/aromatic N) is 6. The van der Waals surface area contributed by atoms with Crippen molar-refractivity contribution in [3.63, 3.8) is 0 Å². The van der Waals surface area contributed by atoms with Gasteiger partial charge in [-0.2, -0.15) is 0 Å². The summed E-state index contributed by atoms with van der Waals surface area (Å²) < 4.78 is 0. The SMILES string of the molecule is CC(C)(C)c1ccc2ccc3ccc(-c4cccc(-c5cccc6c(-c7ccccn7)nc(-c7ccccn7)nc56)c4)nc3c2n1. The number of hydrogen-bond donors (Lipinski definition) is 0. The van der Waals surface area contributed by atoms with Gasteiger partial charge in [0.25, 0.3) is 0 Å². The second-order valence-electron chi connectivity index (χ2n) is 12.5. The minimum Gasteiger partial charge on any atom is -0.255 e. The van der Waals surface area contributed by atoms with Crippen molar-refractivity contribution in [1.29, 1.82) is 0 Å². The van der Waals surface area contributed by atoms with Gasteiger partial charge in [0.15, 0.2) is 5.82 Å². The maximum absolute atomic E-state index is 5.20. The first kappa shape index (κ1) is 27.7. The molecule has 3 aromatic carbocycles. The molecule has 0 aliphatic rings. The Labute approximate surface area is 266 Å². The fourth-order valence-corrected chi connectivity index (χ4v) is 5.88. The fourth-order valence-electron chi connectivity index (χ4n) is 5.88. The summed E-state index contributed by atoms with van der Waals surface area (Å²) in [4.78, 5) is 29.5. The average Bonchev–Trinajstić information content (AvgIpc) is 3.10. The molecule has 0 saturated heterocycles. The molecule has 0 aliphatic carbocycles. The first-order valence-electron chi connectivity index (χ1n) is 15.4. The molecule has 46 heavy (non-hydrogen) atoms. The minimum atomic E-state index is -0.0583. The molecule has 6 heteroatoms. The van der Waals surface area contributed by atoms with Gasteiger partial charge >= 0.3 is 0 Å². The van der Waals surface area contributed by atoms with Gasteiger partial charge in [-0.3, -0.25) is 9.97 Å². The number of aromatic nitrogens is 6. The predicted octanol–water partition coefficient (Wildman–Crippen LogP) is 9.48. The Balaban J connectivity index is 1.30. The number of fused-ring (bicyclic) bond motifs is 4. The Kier molecular flexibility index (Phi) is 6.57. The second-order valence-corrected chi connectivity index (χ2v) is 12.5. The largest absolute Gasteiger partial charge is 0.255 e. The van der Waals surface area contributed by atoms with Crippen LogP contribution in [0.5, 0.6) is 0 Å². The van der Waals surface area contributed by atoms with Crippen molar-refractivity contribution >= 4 is 32.7 Å². The van der Waals surface area contributed by atoms with Crippen molar-refractivity contribution in [2.45, 2.75) is 26.2 Å². The Bertz CT molecular complexity index is 2400. The van der Waals surface area contributed by atoms with Gasteiger partial charge in [-0.1, -0.05) is 93.6 Å². The van der Waals surface area contributed by atoms with Crippen LogP contribution in [0, 0.1) is 0 Å². The summed E-state index contributed by atoms with van der Waals surface area (Å²) >= 11 is 0. The van der Waals surface area contributed by atoms with Gasteiger partial charge in [-0.05, 0) is 48.0 Å². The molecule has 0 spiro atoms. The summed E-state index contributed by atoms with van der Waals surface area (Å²) in [5.74, 6) is 0.558. The van der Waals surface area contributed by atoms with Crippen LogP contribution >= 0.6 is 0 Å². The summed E-state index contributed by atoms with van der Waals surface area (Å²) in [5, 5.41) is 3.08. The third-order valence-corrected chi connectivity index (χ3v) is 8.29. The van der Waals surface area contributed by atoms with Crippen molar-refractivity contribution in [3.05, 3.63) is 133 Å². The number of para-hydroxylation sites is 1. The van der Waals surface area contributed by atoms with E-state index >= 15 is 0 Å². The highest BCUT2D eigenvalue weighted by molar-refractivity contribution is 6.04. The summed E-state index contributed by atoms with van der Waals surface area (Å²) in [6.45, 7) is 6.56. The quantitative estimate of drug-likeness (QED) is 0.189. The zero-order valence-corrected chi connectivity index (χ0v) is 25.8. The standard InChI is InChI=1S/C40H30N6/c1-40(2,3)34-21-19-26-17-16-25-18-20-31(43-35(25)36(26)44-34)28-11-8-10-27(24-28)29-12-9-13-30-37(29)45-39(33-15-5-7-23-42-33)46-38(30)32-14-4-6-22-41-32/h4-24H,1-3H3. The molecule has 0 radical (unpaired) electrons. The average molecular weight is 595 g/mol. The van der Waals surface area contributed by atoms with Crippen molar-refractivity contribution in [2.75, 3.05) is 0 Å². The Hall–Kier alpha value is -5.88. The van der Waals surface area contributed by atoms with Gasteiger partial charge in [-0.15, -0.1) is 0 Å². The van der Waals surface area contributed by atoms with Crippen LogP contribution in [0.3, 0.4) is 0 Å². The zero-order valence-electron chi connectivity index (χ0n) is 25.8. The van der Waals surface area contributed by atoms with Crippen LogP contribution in [0.2, 0.25) is 0 Å². The van der Waals surface area contributed by atoms with E-state index in [1.54, 1.807) is 12.4 Å². The molecular formula is C40H30N6. The molecule has 220 valence electrons. The maximum atomic E-state index is 5.20. The lowest BCUT2D eigenvalue weighted by Gasteiger charge is -2.18. The smallest absolute Gasteiger partial charge is 0.179 e. The third kappa shape index (κ3) is 4.94. The fraction of sp³-hybridized carbons (Fsp3) is 0.100. The molecule has 5 heterocycles. The molecule has 8 rings (SSSR count). The van der Waals surface area contributed by atoms with Crippen LogP contribution in [0.4, 0.5) is 0 Å². The van der Waals surface area contributed by atoms with Crippen LogP contribution in [0.1, 0.15) is 26.5 Å². The van der Waals surface area contributed by atoms with Gasteiger partial charge in [0.1, 0.15) is 11.4 Å². The second kappa shape index (κ2) is 10.9. The van der Waals surface area contributed by atoms with Gasteiger partial charge in [0.2, 0.25) is 0 Å². The molecule has 0 fully saturated rings. The number of rotatable bonds is 4. The molecule has 0 aliphatic heterocycles. The lowest BCUT2D eigenvalue weighted by atomic mass is 9.91.